The summed E-state index contributed by atoms with van der Waals surface area (Å²) in [6.45, 7) is -0.203. The van der Waals surface area contributed by atoms with E-state index < -0.39 is 22.0 Å². The molecular weight excluding hydrogens is 368 g/mol. The molecule has 1 aliphatic rings. The van der Waals surface area contributed by atoms with Gasteiger partial charge in [0.2, 0.25) is 0 Å². The van der Waals surface area contributed by atoms with Crippen LogP contribution in [-0.4, -0.2) is 36.8 Å². The van der Waals surface area contributed by atoms with Crippen LogP contribution in [0.2, 0.25) is 0 Å². The smallest absolute Gasteiger partial charge is 0.267 e. The second-order valence-electron chi connectivity index (χ2n) is 5.97. The van der Waals surface area contributed by atoms with Gasteiger partial charge in [-0.1, -0.05) is 30.3 Å². The summed E-state index contributed by atoms with van der Waals surface area (Å²) < 4.78 is 34.6. The second-order valence-corrected chi connectivity index (χ2v) is 7.83. The maximum Gasteiger partial charge on any atom is 0.267 e. The number of sulfonamides is 1. The number of nitrogens with zero attached hydrogens (tertiary/aromatic N) is 3. The number of benzene rings is 2. The Hall–Kier alpha value is -3.33. The van der Waals surface area contributed by atoms with E-state index in [0.29, 0.717) is 5.69 Å². The van der Waals surface area contributed by atoms with Crippen molar-refractivity contribution in [1.82, 2.24) is 9.78 Å². The van der Waals surface area contributed by atoms with Crippen LogP contribution in [0.5, 0.6) is 5.75 Å². The molecule has 2 aromatic carbocycles. The average molecular weight is 384 g/mol. The Balaban J connectivity index is 1.76. The summed E-state index contributed by atoms with van der Waals surface area (Å²) in [7, 11) is -3.97. The Bertz CT molecular complexity index is 1100. The van der Waals surface area contributed by atoms with Gasteiger partial charge in [0.1, 0.15) is 10.6 Å². The highest BCUT2D eigenvalue weighted by Gasteiger charge is 2.37. The molecule has 3 aromatic rings. The summed E-state index contributed by atoms with van der Waals surface area (Å²) in [6.07, 6.45) is 1.64. The number of fused-ring (bicyclic) bond motifs is 1. The first kappa shape index (κ1) is 17.1. The lowest BCUT2D eigenvalue weighted by atomic mass is 10.2. The zero-order valence-corrected chi connectivity index (χ0v) is 14.9. The van der Waals surface area contributed by atoms with Crippen LogP contribution < -0.4 is 14.8 Å². The molecule has 9 heteroatoms. The molecule has 1 aromatic heterocycles. The molecule has 2 heterocycles. The van der Waals surface area contributed by atoms with Crippen LogP contribution in [-0.2, 0) is 14.8 Å². The van der Waals surface area contributed by atoms with Gasteiger partial charge in [-0.15, -0.1) is 0 Å². The highest BCUT2D eigenvalue weighted by molar-refractivity contribution is 7.92. The van der Waals surface area contributed by atoms with E-state index >= 15 is 0 Å². The van der Waals surface area contributed by atoms with Crippen molar-refractivity contribution < 1.29 is 17.9 Å². The number of hydrogen-bond acceptors (Lipinski definition) is 5. The lowest BCUT2D eigenvalue weighted by Crippen LogP contribution is -2.49. The molecule has 0 bridgehead atoms. The number of aromatic nitrogens is 2. The number of hydrogen-bond donors (Lipinski definition) is 1. The third-order valence-corrected chi connectivity index (χ3v) is 5.95. The standard InChI is InChI=1S/C18H16N4O4S/c19-18(23)17-12-22(15-8-4-5-9-16(15)26-17)27(24,25)14-10-20-21(11-14)13-6-2-1-3-7-13/h1-11,17H,12H2,(H2,19,23). The summed E-state index contributed by atoms with van der Waals surface area (Å²) in [6, 6.07) is 15.8. The molecule has 4 rings (SSSR count). The third kappa shape index (κ3) is 3.02. The van der Waals surface area contributed by atoms with Crippen LogP contribution in [0.25, 0.3) is 5.69 Å². The number of rotatable bonds is 4. The molecule has 2 N–H and O–H groups in total. The summed E-state index contributed by atoms with van der Waals surface area (Å²) >= 11 is 0. The van der Waals surface area contributed by atoms with E-state index in [1.165, 1.54) is 17.1 Å². The van der Waals surface area contributed by atoms with E-state index in [-0.39, 0.29) is 17.2 Å². The Morgan fingerprint density at radius 3 is 2.56 bits per heavy atom. The minimum absolute atomic E-state index is 0.00581. The molecule has 0 radical (unpaired) electrons. The number of nitrogens with two attached hydrogens (primary N) is 1. The van der Waals surface area contributed by atoms with Gasteiger partial charge in [-0.3, -0.25) is 9.10 Å². The predicted molar refractivity (Wildman–Crippen MR) is 98.1 cm³/mol. The molecule has 0 aliphatic carbocycles. The van der Waals surface area contributed by atoms with Gasteiger partial charge < -0.3 is 10.5 Å². The Kier molecular flexibility index (Phi) is 4.08. The van der Waals surface area contributed by atoms with E-state index in [4.69, 9.17) is 10.5 Å². The van der Waals surface area contributed by atoms with Gasteiger partial charge in [0.15, 0.2) is 6.10 Å². The number of carbonyl (C=O) groups is 1. The second kappa shape index (κ2) is 6.44. The highest BCUT2D eigenvalue weighted by atomic mass is 32.2. The number of primary amides is 1. The van der Waals surface area contributed by atoms with E-state index in [9.17, 15) is 13.2 Å². The van der Waals surface area contributed by atoms with E-state index in [1.807, 2.05) is 30.3 Å². The first-order chi connectivity index (χ1) is 13.0. The largest absolute Gasteiger partial charge is 0.476 e. The van der Waals surface area contributed by atoms with Crippen molar-refractivity contribution in [3.63, 3.8) is 0 Å². The molecule has 1 amide bonds. The fourth-order valence-corrected chi connectivity index (χ4v) is 4.28. The Morgan fingerprint density at radius 2 is 1.81 bits per heavy atom. The molecule has 0 saturated carbocycles. The summed E-state index contributed by atoms with van der Waals surface area (Å²) in [4.78, 5) is 11.6. The summed E-state index contributed by atoms with van der Waals surface area (Å²) in [5.74, 6) is -0.448. The minimum atomic E-state index is -3.97. The fraction of sp³-hybridized carbons (Fsp3) is 0.111. The van der Waals surface area contributed by atoms with Crippen molar-refractivity contribution in [2.75, 3.05) is 10.8 Å². The molecule has 1 aliphatic heterocycles. The van der Waals surface area contributed by atoms with Crippen molar-refractivity contribution in [2.24, 2.45) is 5.73 Å². The Morgan fingerprint density at radius 1 is 1.11 bits per heavy atom. The van der Waals surface area contributed by atoms with Crippen molar-refractivity contribution >= 4 is 21.6 Å². The summed E-state index contributed by atoms with van der Waals surface area (Å²) in [5.41, 5.74) is 6.43. The van der Waals surface area contributed by atoms with Crippen molar-refractivity contribution in [3.8, 4) is 11.4 Å². The van der Waals surface area contributed by atoms with Crippen LogP contribution in [0.1, 0.15) is 0 Å². The lowest BCUT2D eigenvalue weighted by molar-refractivity contribution is -0.124. The molecule has 0 saturated heterocycles. The maximum absolute atomic E-state index is 13.2. The van der Waals surface area contributed by atoms with E-state index in [0.717, 1.165) is 9.99 Å². The number of carbonyl (C=O) groups excluding carboxylic acids is 1. The Labute approximate surface area is 155 Å². The van der Waals surface area contributed by atoms with Crippen LogP contribution in [0.3, 0.4) is 0 Å². The number of ether oxygens (including phenoxy) is 1. The number of anilines is 1. The van der Waals surface area contributed by atoms with Gasteiger partial charge in [-0.2, -0.15) is 5.10 Å². The molecule has 8 nitrogen and oxygen atoms in total. The van der Waals surface area contributed by atoms with E-state index in [2.05, 4.69) is 5.10 Å². The molecule has 138 valence electrons. The van der Waals surface area contributed by atoms with Gasteiger partial charge in [-0.05, 0) is 24.3 Å². The van der Waals surface area contributed by atoms with Crippen LogP contribution >= 0.6 is 0 Å². The monoisotopic (exact) mass is 384 g/mol. The van der Waals surface area contributed by atoms with Crippen LogP contribution in [0.4, 0.5) is 5.69 Å². The van der Waals surface area contributed by atoms with Gasteiger partial charge in [0, 0.05) is 0 Å². The van der Waals surface area contributed by atoms with Crippen molar-refractivity contribution in [2.45, 2.75) is 11.0 Å². The van der Waals surface area contributed by atoms with Crippen LogP contribution in [0.15, 0.2) is 71.9 Å². The highest BCUT2D eigenvalue weighted by Crippen LogP contribution is 2.36. The summed E-state index contributed by atoms with van der Waals surface area (Å²) in [5, 5.41) is 4.15. The normalized spacial score (nSPS) is 16.4. The third-order valence-electron chi connectivity index (χ3n) is 4.22. The molecule has 1 unspecified atom stereocenters. The molecule has 0 spiro atoms. The first-order valence-corrected chi connectivity index (χ1v) is 9.58. The molecule has 27 heavy (non-hydrogen) atoms. The zero-order valence-electron chi connectivity index (χ0n) is 14.1. The molecule has 1 atom stereocenters. The maximum atomic E-state index is 13.2. The van der Waals surface area contributed by atoms with E-state index in [1.54, 1.807) is 24.3 Å². The number of amides is 1. The van der Waals surface area contributed by atoms with Gasteiger partial charge in [0.05, 0.1) is 30.3 Å². The molecular formula is C18H16N4O4S. The SMILES string of the molecule is NC(=O)C1CN(S(=O)(=O)c2cnn(-c3ccccc3)c2)c2ccccc2O1. The van der Waals surface area contributed by atoms with Crippen molar-refractivity contribution in [1.29, 1.82) is 0 Å². The first-order valence-electron chi connectivity index (χ1n) is 8.14. The minimum Gasteiger partial charge on any atom is -0.476 e. The van der Waals surface area contributed by atoms with Crippen molar-refractivity contribution in [3.05, 3.63) is 67.0 Å². The van der Waals surface area contributed by atoms with Gasteiger partial charge in [0.25, 0.3) is 15.9 Å². The quantitative estimate of drug-likeness (QED) is 0.730. The van der Waals surface area contributed by atoms with Crippen LogP contribution in [0, 0.1) is 0 Å². The average Bonchev–Trinajstić information content (AvgIpc) is 3.19. The zero-order chi connectivity index (χ0) is 19.0. The topological polar surface area (TPSA) is 108 Å². The number of para-hydroxylation sites is 3. The molecule has 0 fully saturated rings. The van der Waals surface area contributed by atoms with Gasteiger partial charge in [-0.25, -0.2) is 13.1 Å². The predicted octanol–water partition coefficient (Wildman–Crippen LogP) is 1.31. The fourth-order valence-electron chi connectivity index (χ4n) is 2.87. The lowest BCUT2D eigenvalue weighted by Gasteiger charge is -2.33. The van der Waals surface area contributed by atoms with Gasteiger partial charge >= 0.3 is 0 Å².